The highest BCUT2D eigenvalue weighted by molar-refractivity contribution is 5.81. The Balaban J connectivity index is 1.81. The molecule has 0 spiro atoms. The van der Waals surface area contributed by atoms with E-state index < -0.39 is 6.04 Å². The van der Waals surface area contributed by atoms with E-state index in [2.05, 4.69) is 12.1 Å². The Morgan fingerprint density at radius 2 is 2.19 bits per heavy atom. The van der Waals surface area contributed by atoms with Gasteiger partial charge in [0, 0.05) is 25.6 Å². The Hall–Kier alpha value is -1.39. The lowest BCUT2D eigenvalue weighted by molar-refractivity contribution is -0.133. The molecular formula is C17H26N2O2. The SMILES string of the molecule is CCN(CC1CCOC1)C(=O)C(N)CCc1ccccc1. The molecule has 0 saturated carbocycles. The lowest BCUT2D eigenvalue weighted by Gasteiger charge is -2.26. The van der Waals surface area contributed by atoms with Gasteiger partial charge >= 0.3 is 0 Å². The van der Waals surface area contributed by atoms with Crippen molar-refractivity contribution < 1.29 is 9.53 Å². The molecule has 1 saturated heterocycles. The molecule has 21 heavy (non-hydrogen) atoms. The molecule has 4 heteroatoms. The average molecular weight is 290 g/mol. The molecule has 4 nitrogen and oxygen atoms in total. The standard InChI is InChI=1S/C17H26N2O2/c1-2-19(12-15-10-11-21-13-15)17(20)16(18)9-8-14-6-4-3-5-7-14/h3-7,15-16H,2,8-13,18H2,1H3. The monoisotopic (exact) mass is 290 g/mol. The highest BCUT2D eigenvalue weighted by Crippen LogP contribution is 2.15. The van der Waals surface area contributed by atoms with Crippen LogP contribution in [-0.4, -0.2) is 43.2 Å². The number of aryl methyl sites for hydroxylation is 1. The van der Waals surface area contributed by atoms with Crippen molar-refractivity contribution in [3.8, 4) is 0 Å². The fourth-order valence-corrected chi connectivity index (χ4v) is 2.74. The van der Waals surface area contributed by atoms with Gasteiger partial charge in [0.2, 0.25) is 5.91 Å². The maximum atomic E-state index is 12.4. The predicted octanol–water partition coefficient (Wildman–Crippen LogP) is 1.83. The molecule has 0 bridgehead atoms. The molecule has 1 aromatic carbocycles. The number of likely N-dealkylation sites (N-methyl/N-ethyl adjacent to an activating group) is 1. The fourth-order valence-electron chi connectivity index (χ4n) is 2.74. The molecule has 0 aromatic heterocycles. The second-order valence-electron chi connectivity index (χ2n) is 5.74. The first-order valence-corrected chi connectivity index (χ1v) is 7.86. The Morgan fingerprint density at radius 1 is 1.43 bits per heavy atom. The van der Waals surface area contributed by atoms with Crippen LogP contribution in [-0.2, 0) is 16.0 Å². The van der Waals surface area contributed by atoms with Crippen LogP contribution in [0, 0.1) is 5.92 Å². The van der Waals surface area contributed by atoms with Crippen molar-refractivity contribution in [1.82, 2.24) is 4.90 Å². The molecule has 1 aromatic rings. The summed E-state index contributed by atoms with van der Waals surface area (Å²) in [4.78, 5) is 14.3. The van der Waals surface area contributed by atoms with Crippen LogP contribution in [0.1, 0.15) is 25.3 Å². The van der Waals surface area contributed by atoms with Gasteiger partial charge in [-0.05, 0) is 31.7 Å². The summed E-state index contributed by atoms with van der Waals surface area (Å²) < 4.78 is 5.38. The summed E-state index contributed by atoms with van der Waals surface area (Å²) in [6.07, 6.45) is 2.58. The molecule has 116 valence electrons. The van der Waals surface area contributed by atoms with Gasteiger partial charge in [0.15, 0.2) is 0 Å². The van der Waals surface area contributed by atoms with Crippen LogP contribution in [0.4, 0.5) is 0 Å². The molecule has 1 heterocycles. The lowest BCUT2D eigenvalue weighted by Crippen LogP contribution is -2.45. The van der Waals surface area contributed by atoms with Crippen LogP contribution in [0.25, 0.3) is 0 Å². The molecular weight excluding hydrogens is 264 g/mol. The fraction of sp³-hybridized carbons (Fsp3) is 0.588. The number of benzene rings is 1. The van der Waals surface area contributed by atoms with Gasteiger partial charge in [-0.2, -0.15) is 0 Å². The largest absolute Gasteiger partial charge is 0.381 e. The van der Waals surface area contributed by atoms with Crippen molar-refractivity contribution >= 4 is 5.91 Å². The van der Waals surface area contributed by atoms with Gasteiger partial charge in [0.05, 0.1) is 12.6 Å². The van der Waals surface area contributed by atoms with Gasteiger partial charge in [-0.25, -0.2) is 0 Å². The molecule has 0 radical (unpaired) electrons. The van der Waals surface area contributed by atoms with Gasteiger partial charge in [-0.1, -0.05) is 30.3 Å². The maximum Gasteiger partial charge on any atom is 0.239 e. The molecule has 0 aliphatic carbocycles. The van der Waals surface area contributed by atoms with Gasteiger partial charge in [-0.3, -0.25) is 4.79 Å². The Labute approximate surface area is 127 Å². The zero-order valence-corrected chi connectivity index (χ0v) is 12.8. The van der Waals surface area contributed by atoms with E-state index in [0.29, 0.717) is 18.9 Å². The summed E-state index contributed by atoms with van der Waals surface area (Å²) in [5, 5.41) is 0. The number of carbonyl (C=O) groups is 1. The number of hydrogen-bond acceptors (Lipinski definition) is 3. The number of ether oxygens (including phenoxy) is 1. The smallest absolute Gasteiger partial charge is 0.239 e. The molecule has 2 atom stereocenters. The summed E-state index contributed by atoms with van der Waals surface area (Å²) in [7, 11) is 0. The van der Waals surface area contributed by atoms with Crippen molar-refractivity contribution in [2.75, 3.05) is 26.3 Å². The minimum Gasteiger partial charge on any atom is -0.381 e. The van der Waals surface area contributed by atoms with Crippen LogP contribution < -0.4 is 5.73 Å². The van der Waals surface area contributed by atoms with E-state index in [1.807, 2.05) is 30.0 Å². The zero-order chi connectivity index (χ0) is 15.1. The van der Waals surface area contributed by atoms with E-state index in [0.717, 1.165) is 32.6 Å². The topological polar surface area (TPSA) is 55.6 Å². The summed E-state index contributed by atoms with van der Waals surface area (Å²) >= 11 is 0. The maximum absolute atomic E-state index is 12.4. The van der Waals surface area contributed by atoms with E-state index in [-0.39, 0.29) is 5.91 Å². The van der Waals surface area contributed by atoms with Gasteiger partial charge in [-0.15, -0.1) is 0 Å². The van der Waals surface area contributed by atoms with Gasteiger partial charge in [0.25, 0.3) is 0 Å². The summed E-state index contributed by atoms with van der Waals surface area (Å²) in [6.45, 7) is 5.08. The number of hydrogen-bond donors (Lipinski definition) is 1. The van der Waals surface area contributed by atoms with E-state index in [4.69, 9.17) is 10.5 Å². The summed E-state index contributed by atoms with van der Waals surface area (Å²) in [5.41, 5.74) is 7.32. The molecule has 2 N–H and O–H groups in total. The molecule has 1 aliphatic rings. The Bertz CT molecular complexity index is 430. The zero-order valence-electron chi connectivity index (χ0n) is 12.8. The van der Waals surface area contributed by atoms with Crippen LogP contribution in [0.15, 0.2) is 30.3 Å². The van der Waals surface area contributed by atoms with E-state index in [1.54, 1.807) is 0 Å². The normalized spacial score (nSPS) is 19.4. The second-order valence-corrected chi connectivity index (χ2v) is 5.74. The predicted molar refractivity (Wildman–Crippen MR) is 83.9 cm³/mol. The van der Waals surface area contributed by atoms with Crippen molar-refractivity contribution in [2.24, 2.45) is 11.7 Å². The molecule has 1 fully saturated rings. The average Bonchev–Trinajstić information content (AvgIpc) is 3.03. The van der Waals surface area contributed by atoms with Crippen molar-refractivity contribution in [1.29, 1.82) is 0 Å². The number of rotatable bonds is 7. The Morgan fingerprint density at radius 3 is 2.81 bits per heavy atom. The number of carbonyl (C=O) groups excluding carboxylic acids is 1. The second kappa shape index (κ2) is 8.15. The minimum absolute atomic E-state index is 0.0698. The Kier molecular flexibility index (Phi) is 6.21. The number of amides is 1. The first-order chi connectivity index (χ1) is 10.2. The van der Waals surface area contributed by atoms with Crippen LogP contribution in [0.5, 0.6) is 0 Å². The van der Waals surface area contributed by atoms with Gasteiger partial charge < -0.3 is 15.4 Å². The third-order valence-electron chi connectivity index (χ3n) is 4.10. The molecule has 1 aliphatic heterocycles. The third-order valence-corrected chi connectivity index (χ3v) is 4.10. The van der Waals surface area contributed by atoms with Crippen molar-refractivity contribution in [3.63, 3.8) is 0 Å². The first kappa shape index (κ1) is 16.0. The molecule has 2 rings (SSSR count). The highest BCUT2D eigenvalue weighted by atomic mass is 16.5. The summed E-state index contributed by atoms with van der Waals surface area (Å²) in [5.74, 6) is 0.538. The van der Waals surface area contributed by atoms with E-state index in [1.165, 1.54) is 5.56 Å². The number of nitrogens with two attached hydrogens (primary N) is 1. The first-order valence-electron chi connectivity index (χ1n) is 7.86. The minimum atomic E-state index is -0.410. The molecule has 1 amide bonds. The lowest BCUT2D eigenvalue weighted by atomic mass is 10.0. The highest BCUT2D eigenvalue weighted by Gasteiger charge is 2.24. The molecule has 2 unspecified atom stereocenters. The van der Waals surface area contributed by atoms with Gasteiger partial charge in [0.1, 0.15) is 0 Å². The van der Waals surface area contributed by atoms with Crippen LogP contribution in [0.2, 0.25) is 0 Å². The third kappa shape index (κ3) is 4.83. The summed E-state index contributed by atoms with van der Waals surface area (Å²) in [6, 6.07) is 9.77. The van der Waals surface area contributed by atoms with E-state index in [9.17, 15) is 4.79 Å². The quantitative estimate of drug-likeness (QED) is 0.833. The van der Waals surface area contributed by atoms with Crippen molar-refractivity contribution in [3.05, 3.63) is 35.9 Å². The van der Waals surface area contributed by atoms with Crippen molar-refractivity contribution in [2.45, 2.75) is 32.2 Å². The van der Waals surface area contributed by atoms with Crippen LogP contribution >= 0.6 is 0 Å². The number of nitrogens with zero attached hydrogens (tertiary/aromatic N) is 1. The van der Waals surface area contributed by atoms with Crippen LogP contribution in [0.3, 0.4) is 0 Å². The van der Waals surface area contributed by atoms with E-state index >= 15 is 0 Å².